The normalized spacial score (nSPS) is 29.7. The van der Waals surface area contributed by atoms with Crippen LogP contribution in [0.15, 0.2) is 0 Å². The summed E-state index contributed by atoms with van der Waals surface area (Å²) in [7, 11) is 1.64. The number of hydrogen-bond acceptors (Lipinski definition) is 3. The number of carbonyl (C=O) groups is 1. The minimum absolute atomic E-state index is 0.0733. The van der Waals surface area contributed by atoms with E-state index in [9.17, 15) is 4.79 Å². The first-order chi connectivity index (χ1) is 8.00. The van der Waals surface area contributed by atoms with Gasteiger partial charge in [-0.1, -0.05) is 13.8 Å². The summed E-state index contributed by atoms with van der Waals surface area (Å²) in [6, 6.07) is 0. The molecule has 0 aromatic heterocycles. The van der Waals surface area contributed by atoms with Gasteiger partial charge in [0, 0.05) is 13.7 Å². The summed E-state index contributed by atoms with van der Waals surface area (Å²) in [6.07, 6.45) is 2.75. The molecule has 1 heterocycles. The van der Waals surface area contributed by atoms with E-state index < -0.39 is 5.60 Å². The van der Waals surface area contributed by atoms with Crippen LogP contribution in [0, 0.1) is 11.3 Å². The highest BCUT2D eigenvalue weighted by Gasteiger charge is 2.46. The van der Waals surface area contributed by atoms with Gasteiger partial charge in [-0.05, 0) is 43.7 Å². The lowest BCUT2D eigenvalue weighted by Crippen LogP contribution is -2.54. The molecule has 1 unspecified atom stereocenters. The first-order valence-corrected chi connectivity index (χ1v) is 6.54. The molecule has 0 spiro atoms. The smallest absolute Gasteiger partial charge is 0.252 e. The van der Waals surface area contributed by atoms with Gasteiger partial charge >= 0.3 is 0 Å². The molecule has 17 heavy (non-hydrogen) atoms. The lowest BCUT2D eigenvalue weighted by atomic mass is 9.91. The number of amides is 1. The fourth-order valence-corrected chi connectivity index (χ4v) is 2.66. The summed E-state index contributed by atoms with van der Waals surface area (Å²) in [4.78, 5) is 12.2. The Morgan fingerprint density at radius 1 is 1.41 bits per heavy atom. The Bertz CT molecular complexity index is 296. The molecule has 2 fully saturated rings. The molecule has 1 atom stereocenters. The van der Waals surface area contributed by atoms with Crippen LogP contribution in [-0.2, 0) is 9.53 Å². The number of rotatable bonds is 4. The van der Waals surface area contributed by atoms with Crippen molar-refractivity contribution >= 4 is 5.91 Å². The summed E-state index contributed by atoms with van der Waals surface area (Å²) < 4.78 is 5.49. The van der Waals surface area contributed by atoms with Crippen molar-refractivity contribution in [2.75, 3.05) is 26.7 Å². The van der Waals surface area contributed by atoms with Crippen molar-refractivity contribution in [1.82, 2.24) is 10.6 Å². The number of hydrogen-bond donors (Lipinski definition) is 2. The molecule has 4 nitrogen and oxygen atoms in total. The van der Waals surface area contributed by atoms with E-state index >= 15 is 0 Å². The maximum absolute atomic E-state index is 12.2. The monoisotopic (exact) mass is 240 g/mol. The van der Waals surface area contributed by atoms with Gasteiger partial charge in [-0.3, -0.25) is 4.79 Å². The summed E-state index contributed by atoms with van der Waals surface area (Å²) in [5.74, 6) is 0.714. The van der Waals surface area contributed by atoms with Crippen molar-refractivity contribution in [2.45, 2.75) is 38.7 Å². The third-order valence-corrected chi connectivity index (χ3v) is 4.44. The highest BCUT2D eigenvalue weighted by Crippen LogP contribution is 2.51. The van der Waals surface area contributed by atoms with Gasteiger partial charge in [0.05, 0.1) is 0 Å². The second kappa shape index (κ2) is 4.58. The number of carbonyl (C=O) groups excluding carboxylic acids is 1. The molecule has 1 aliphatic carbocycles. The van der Waals surface area contributed by atoms with Crippen LogP contribution in [0.25, 0.3) is 0 Å². The van der Waals surface area contributed by atoms with Crippen molar-refractivity contribution < 1.29 is 9.53 Å². The number of ether oxygens (including phenoxy) is 1. The van der Waals surface area contributed by atoms with E-state index in [0.29, 0.717) is 11.3 Å². The van der Waals surface area contributed by atoms with E-state index in [1.807, 2.05) is 0 Å². The van der Waals surface area contributed by atoms with E-state index in [1.54, 1.807) is 7.11 Å². The summed E-state index contributed by atoms with van der Waals surface area (Å²) in [5.41, 5.74) is -0.175. The third kappa shape index (κ3) is 2.63. The quantitative estimate of drug-likeness (QED) is 0.768. The predicted octanol–water partition coefficient (Wildman–Crippen LogP) is 0.917. The van der Waals surface area contributed by atoms with Crippen LogP contribution in [0.2, 0.25) is 0 Å². The van der Waals surface area contributed by atoms with E-state index in [4.69, 9.17) is 4.74 Å². The average Bonchev–Trinajstić information content (AvgIpc) is 2.95. The number of methoxy groups -OCH3 is 1. The van der Waals surface area contributed by atoms with Crippen molar-refractivity contribution in [2.24, 2.45) is 11.3 Å². The zero-order valence-electron chi connectivity index (χ0n) is 11.1. The fourth-order valence-electron chi connectivity index (χ4n) is 2.66. The molecule has 2 rings (SSSR count). The molecule has 0 aromatic carbocycles. The molecule has 1 saturated carbocycles. The minimum atomic E-state index is -0.593. The largest absolute Gasteiger partial charge is 0.368 e. The number of nitrogens with one attached hydrogen (secondary N) is 2. The van der Waals surface area contributed by atoms with E-state index in [2.05, 4.69) is 24.5 Å². The average molecular weight is 240 g/mol. The first-order valence-electron chi connectivity index (χ1n) is 6.54. The summed E-state index contributed by atoms with van der Waals surface area (Å²) >= 11 is 0. The minimum Gasteiger partial charge on any atom is -0.368 e. The zero-order chi connectivity index (χ0) is 12.5. The Labute approximate surface area is 103 Å². The lowest BCUT2D eigenvalue weighted by molar-refractivity contribution is -0.146. The van der Waals surface area contributed by atoms with Gasteiger partial charge in [-0.15, -0.1) is 0 Å². The zero-order valence-corrected chi connectivity index (χ0v) is 11.1. The van der Waals surface area contributed by atoms with Gasteiger partial charge in [0.15, 0.2) is 0 Å². The number of piperidine rings is 1. The lowest BCUT2D eigenvalue weighted by Gasteiger charge is -2.34. The highest BCUT2D eigenvalue weighted by molar-refractivity contribution is 5.85. The van der Waals surface area contributed by atoms with Crippen LogP contribution in [0.4, 0.5) is 0 Å². The fraction of sp³-hybridized carbons (Fsp3) is 0.923. The molecule has 4 heteroatoms. The molecule has 0 radical (unpaired) electrons. The first kappa shape index (κ1) is 12.8. The van der Waals surface area contributed by atoms with Crippen molar-refractivity contribution in [1.29, 1.82) is 0 Å². The summed E-state index contributed by atoms with van der Waals surface area (Å²) in [6.45, 7) is 7.01. The maximum atomic E-state index is 12.2. The van der Waals surface area contributed by atoms with Crippen molar-refractivity contribution in [3.8, 4) is 0 Å². The highest BCUT2D eigenvalue weighted by atomic mass is 16.5. The molecule has 1 aliphatic heterocycles. The summed E-state index contributed by atoms with van der Waals surface area (Å²) in [5, 5.41) is 6.33. The molecular weight excluding hydrogens is 216 g/mol. The Hall–Kier alpha value is -0.610. The third-order valence-electron chi connectivity index (χ3n) is 4.44. The molecule has 1 saturated heterocycles. The van der Waals surface area contributed by atoms with E-state index in [-0.39, 0.29) is 5.91 Å². The van der Waals surface area contributed by atoms with Crippen LogP contribution >= 0.6 is 0 Å². The van der Waals surface area contributed by atoms with Crippen LogP contribution in [0.5, 0.6) is 0 Å². The van der Waals surface area contributed by atoms with Gasteiger partial charge in [0.1, 0.15) is 5.60 Å². The molecular formula is C13H24N2O2. The topological polar surface area (TPSA) is 50.4 Å². The van der Waals surface area contributed by atoms with Crippen molar-refractivity contribution in [3.63, 3.8) is 0 Å². The maximum Gasteiger partial charge on any atom is 0.252 e. The van der Waals surface area contributed by atoms with Crippen LogP contribution < -0.4 is 10.6 Å². The van der Waals surface area contributed by atoms with Gasteiger partial charge < -0.3 is 15.4 Å². The van der Waals surface area contributed by atoms with Gasteiger partial charge in [-0.2, -0.15) is 0 Å². The SMILES string of the molecule is COC1(C(=O)NCC2CC2(C)C)CCNCC1. The van der Waals surface area contributed by atoms with Gasteiger partial charge in [-0.25, -0.2) is 0 Å². The Morgan fingerprint density at radius 3 is 2.47 bits per heavy atom. The van der Waals surface area contributed by atoms with Crippen molar-refractivity contribution in [3.05, 3.63) is 0 Å². The second-order valence-corrected chi connectivity index (χ2v) is 6.05. The Balaban J connectivity index is 1.85. The van der Waals surface area contributed by atoms with E-state index in [0.717, 1.165) is 32.5 Å². The van der Waals surface area contributed by atoms with E-state index in [1.165, 1.54) is 6.42 Å². The van der Waals surface area contributed by atoms with Crippen LogP contribution in [0.1, 0.15) is 33.1 Å². The molecule has 2 N–H and O–H groups in total. The van der Waals surface area contributed by atoms with Gasteiger partial charge in [0.2, 0.25) is 0 Å². The standard InChI is InChI=1S/C13H24N2O2/c1-12(2)8-10(12)9-15-11(16)13(17-3)4-6-14-7-5-13/h10,14H,4-9H2,1-3H3,(H,15,16). The Kier molecular flexibility index (Phi) is 3.46. The second-order valence-electron chi connectivity index (χ2n) is 6.05. The molecule has 1 amide bonds. The molecule has 2 aliphatic rings. The van der Waals surface area contributed by atoms with Crippen LogP contribution in [0.3, 0.4) is 0 Å². The molecule has 0 aromatic rings. The predicted molar refractivity (Wildman–Crippen MR) is 66.7 cm³/mol. The Morgan fingerprint density at radius 2 is 2.00 bits per heavy atom. The van der Waals surface area contributed by atoms with Crippen LogP contribution in [-0.4, -0.2) is 38.3 Å². The molecule has 98 valence electrons. The van der Waals surface area contributed by atoms with Gasteiger partial charge in [0.25, 0.3) is 5.91 Å². The molecule has 0 bridgehead atoms.